The van der Waals surface area contributed by atoms with Crippen LogP contribution in [0.15, 0.2) is 6.20 Å². The largest absolute Gasteiger partial charge is 0.395 e. The van der Waals surface area contributed by atoms with Gasteiger partial charge in [-0.2, -0.15) is 0 Å². The lowest BCUT2D eigenvalue weighted by Gasteiger charge is -2.24. The van der Waals surface area contributed by atoms with Gasteiger partial charge >= 0.3 is 0 Å². The molecular weight excluding hydrogens is 266 g/mol. The topological polar surface area (TPSA) is 69.2 Å². The van der Waals surface area contributed by atoms with E-state index in [0.717, 1.165) is 17.9 Å². The summed E-state index contributed by atoms with van der Waals surface area (Å²) in [6.45, 7) is 2.79. The second-order valence-electron chi connectivity index (χ2n) is 6.08. The van der Waals surface area contributed by atoms with E-state index in [1.807, 2.05) is 6.92 Å². The normalized spacial score (nSPS) is 16.1. The number of H-pyrrole nitrogens is 1. The van der Waals surface area contributed by atoms with E-state index in [0.29, 0.717) is 25.4 Å². The standard InChI is InChI=1S/C16H27N3O2/c1-13-17-11-15(18-13)12-19(9-10-20)16(21)8-7-14-5-3-2-4-6-14/h11,14,20H,2-10,12H2,1H3,(H,17,18). The molecule has 1 fully saturated rings. The molecule has 5 heteroatoms. The van der Waals surface area contributed by atoms with E-state index in [1.54, 1.807) is 11.1 Å². The van der Waals surface area contributed by atoms with Crippen LogP contribution in [-0.2, 0) is 11.3 Å². The Morgan fingerprint density at radius 1 is 1.43 bits per heavy atom. The van der Waals surface area contributed by atoms with Gasteiger partial charge in [-0.15, -0.1) is 0 Å². The van der Waals surface area contributed by atoms with Gasteiger partial charge in [-0.3, -0.25) is 4.79 Å². The molecule has 21 heavy (non-hydrogen) atoms. The highest BCUT2D eigenvalue weighted by Crippen LogP contribution is 2.27. The molecular formula is C16H27N3O2. The maximum absolute atomic E-state index is 12.4. The summed E-state index contributed by atoms with van der Waals surface area (Å²) in [6, 6.07) is 0. The van der Waals surface area contributed by atoms with Crippen molar-refractivity contribution in [1.29, 1.82) is 0 Å². The second-order valence-corrected chi connectivity index (χ2v) is 6.08. The van der Waals surface area contributed by atoms with Crippen molar-refractivity contribution in [3.63, 3.8) is 0 Å². The summed E-state index contributed by atoms with van der Waals surface area (Å²) in [5.74, 6) is 1.71. The highest BCUT2D eigenvalue weighted by Gasteiger charge is 2.18. The Bertz CT molecular complexity index is 438. The Morgan fingerprint density at radius 2 is 2.19 bits per heavy atom. The SMILES string of the molecule is Cc1ncc(CN(CCO)C(=O)CCC2CCCCC2)[nH]1. The molecule has 1 heterocycles. The van der Waals surface area contributed by atoms with Crippen LogP contribution in [0, 0.1) is 12.8 Å². The summed E-state index contributed by atoms with van der Waals surface area (Å²) in [5.41, 5.74) is 0.923. The number of aromatic amines is 1. The number of hydrogen-bond acceptors (Lipinski definition) is 3. The van der Waals surface area contributed by atoms with E-state index < -0.39 is 0 Å². The fourth-order valence-corrected chi connectivity index (χ4v) is 3.13. The molecule has 0 atom stereocenters. The lowest BCUT2D eigenvalue weighted by atomic mass is 9.86. The van der Waals surface area contributed by atoms with E-state index in [1.165, 1.54) is 32.1 Å². The van der Waals surface area contributed by atoms with Crippen molar-refractivity contribution in [3.05, 3.63) is 17.7 Å². The summed E-state index contributed by atoms with van der Waals surface area (Å²) in [6.07, 6.45) is 9.86. The van der Waals surface area contributed by atoms with Gasteiger partial charge in [0.1, 0.15) is 5.82 Å². The van der Waals surface area contributed by atoms with Crippen LogP contribution in [0.25, 0.3) is 0 Å². The number of hydrogen-bond donors (Lipinski definition) is 2. The number of aliphatic hydroxyl groups excluding tert-OH is 1. The second kappa shape index (κ2) is 8.17. The van der Waals surface area contributed by atoms with Crippen molar-refractivity contribution >= 4 is 5.91 Å². The van der Waals surface area contributed by atoms with E-state index in [4.69, 9.17) is 5.11 Å². The van der Waals surface area contributed by atoms with Gasteiger partial charge in [-0.25, -0.2) is 4.98 Å². The van der Waals surface area contributed by atoms with E-state index >= 15 is 0 Å². The van der Waals surface area contributed by atoms with Gasteiger partial charge < -0.3 is 15.0 Å². The van der Waals surface area contributed by atoms with Crippen molar-refractivity contribution < 1.29 is 9.90 Å². The van der Waals surface area contributed by atoms with Gasteiger partial charge in [0.2, 0.25) is 5.91 Å². The molecule has 2 rings (SSSR count). The monoisotopic (exact) mass is 293 g/mol. The maximum Gasteiger partial charge on any atom is 0.223 e. The van der Waals surface area contributed by atoms with Crippen LogP contribution in [0.3, 0.4) is 0 Å². The molecule has 1 saturated carbocycles. The summed E-state index contributed by atoms with van der Waals surface area (Å²) in [7, 11) is 0. The Kier molecular flexibility index (Phi) is 6.23. The lowest BCUT2D eigenvalue weighted by molar-refractivity contribution is -0.132. The minimum Gasteiger partial charge on any atom is -0.395 e. The molecule has 0 bridgehead atoms. The third-order valence-corrected chi connectivity index (χ3v) is 4.33. The van der Waals surface area contributed by atoms with Crippen molar-refractivity contribution in [2.75, 3.05) is 13.2 Å². The molecule has 0 radical (unpaired) electrons. The van der Waals surface area contributed by atoms with Gasteiger partial charge in [0.15, 0.2) is 0 Å². The smallest absolute Gasteiger partial charge is 0.223 e. The average molecular weight is 293 g/mol. The highest BCUT2D eigenvalue weighted by atomic mass is 16.3. The Labute approximate surface area is 126 Å². The summed E-state index contributed by atoms with van der Waals surface area (Å²) < 4.78 is 0. The van der Waals surface area contributed by atoms with E-state index in [2.05, 4.69) is 9.97 Å². The maximum atomic E-state index is 12.4. The zero-order valence-electron chi connectivity index (χ0n) is 13.0. The molecule has 1 aromatic rings. The third-order valence-electron chi connectivity index (χ3n) is 4.33. The van der Waals surface area contributed by atoms with Crippen molar-refractivity contribution in [2.24, 2.45) is 5.92 Å². The Morgan fingerprint density at radius 3 is 2.81 bits per heavy atom. The van der Waals surface area contributed by atoms with E-state index in [-0.39, 0.29) is 12.5 Å². The van der Waals surface area contributed by atoms with Crippen molar-refractivity contribution in [2.45, 2.75) is 58.4 Å². The Balaban J connectivity index is 1.82. The number of nitrogens with zero attached hydrogens (tertiary/aromatic N) is 2. The van der Waals surface area contributed by atoms with Crippen LogP contribution >= 0.6 is 0 Å². The molecule has 1 amide bonds. The predicted molar refractivity (Wildman–Crippen MR) is 81.6 cm³/mol. The number of aliphatic hydroxyl groups is 1. The average Bonchev–Trinajstić information content (AvgIpc) is 2.91. The highest BCUT2D eigenvalue weighted by molar-refractivity contribution is 5.76. The van der Waals surface area contributed by atoms with Gasteiger partial charge in [0, 0.05) is 13.0 Å². The van der Waals surface area contributed by atoms with E-state index in [9.17, 15) is 4.79 Å². The zero-order valence-corrected chi connectivity index (χ0v) is 13.0. The van der Waals surface area contributed by atoms with Crippen molar-refractivity contribution in [3.8, 4) is 0 Å². The number of aryl methyl sites for hydroxylation is 1. The summed E-state index contributed by atoms with van der Waals surface area (Å²) in [5, 5.41) is 9.17. The number of carbonyl (C=O) groups is 1. The van der Waals surface area contributed by atoms with Crippen LogP contribution in [0.2, 0.25) is 0 Å². The molecule has 0 spiro atoms. The fourth-order valence-electron chi connectivity index (χ4n) is 3.13. The van der Waals surface area contributed by atoms with Crippen LogP contribution in [0.1, 0.15) is 56.5 Å². The minimum atomic E-state index is 0.00227. The molecule has 0 aliphatic heterocycles. The summed E-state index contributed by atoms with van der Waals surface area (Å²) >= 11 is 0. The van der Waals surface area contributed by atoms with Gasteiger partial charge in [-0.1, -0.05) is 32.1 Å². The molecule has 1 aliphatic carbocycles. The number of imidazole rings is 1. The molecule has 0 aromatic carbocycles. The zero-order chi connectivity index (χ0) is 15.1. The molecule has 1 aliphatic rings. The number of nitrogens with one attached hydrogen (secondary N) is 1. The van der Waals surface area contributed by atoms with Crippen LogP contribution in [0.5, 0.6) is 0 Å². The minimum absolute atomic E-state index is 0.00227. The number of rotatable bonds is 7. The third kappa shape index (κ3) is 5.16. The van der Waals surface area contributed by atoms with Gasteiger partial charge in [-0.05, 0) is 19.3 Å². The molecule has 5 nitrogen and oxygen atoms in total. The first-order valence-corrected chi connectivity index (χ1v) is 8.08. The van der Waals surface area contributed by atoms with Gasteiger partial charge in [0.25, 0.3) is 0 Å². The lowest BCUT2D eigenvalue weighted by Crippen LogP contribution is -2.33. The van der Waals surface area contributed by atoms with Crippen LogP contribution < -0.4 is 0 Å². The van der Waals surface area contributed by atoms with Gasteiger partial charge in [0.05, 0.1) is 25.0 Å². The number of aromatic nitrogens is 2. The van der Waals surface area contributed by atoms with Crippen LogP contribution in [0.4, 0.5) is 0 Å². The van der Waals surface area contributed by atoms with Crippen LogP contribution in [-0.4, -0.2) is 39.0 Å². The number of carbonyl (C=O) groups excluding carboxylic acids is 1. The molecule has 0 unspecified atom stereocenters. The molecule has 118 valence electrons. The summed E-state index contributed by atoms with van der Waals surface area (Å²) in [4.78, 5) is 21.4. The fraction of sp³-hybridized carbons (Fsp3) is 0.750. The molecule has 2 N–H and O–H groups in total. The first-order chi connectivity index (χ1) is 10.2. The number of amides is 1. The Hall–Kier alpha value is -1.36. The first-order valence-electron chi connectivity index (χ1n) is 8.08. The quantitative estimate of drug-likeness (QED) is 0.811. The van der Waals surface area contributed by atoms with Crippen molar-refractivity contribution in [1.82, 2.24) is 14.9 Å². The molecule has 0 saturated heterocycles. The first kappa shape index (κ1) is 16.0. The predicted octanol–water partition coefficient (Wildman–Crippen LogP) is 2.40. The molecule has 1 aromatic heterocycles.